The van der Waals surface area contributed by atoms with Crippen LogP contribution in [0.3, 0.4) is 0 Å². The van der Waals surface area contributed by atoms with Crippen molar-refractivity contribution in [3.05, 3.63) is 56.2 Å². The van der Waals surface area contributed by atoms with Crippen molar-refractivity contribution in [2.24, 2.45) is 0 Å². The lowest BCUT2D eigenvalue weighted by atomic mass is 10.2. The maximum Gasteiger partial charge on any atom is 0.171 e. The molecule has 6 heteroatoms. The van der Waals surface area contributed by atoms with Gasteiger partial charge in [-0.2, -0.15) is 0 Å². The van der Waals surface area contributed by atoms with E-state index in [-0.39, 0.29) is 12.4 Å². The zero-order valence-corrected chi connectivity index (χ0v) is 15.1. The minimum atomic E-state index is -0.412. The average Bonchev–Trinajstić information content (AvgIpc) is 2.47. The second-order valence-electron chi connectivity index (χ2n) is 4.24. The smallest absolute Gasteiger partial charge is 0.171 e. The van der Waals surface area contributed by atoms with Gasteiger partial charge in [0.25, 0.3) is 0 Å². The Hall–Kier alpha value is -0.780. The molecule has 112 valence electrons. The molecule has 0 atom stereocenters. The van der Waals surface area contributed by atoms with Crippen LogP contribution in [0.1, 0.15) is 11.1 Å². The van der Waals surface area contributed by atoms with Crippen LogP contribution in [0, 0.1) is 5.82 Å². The van der Waals surface area contributed by atoms with E-state index in [2.05, 4.69) is 31.9 Å². The predicted molar refractivity (Wildman–Crippen MR) is 88.7 cm³/mol. The van der Waals surface area contributed by atoms with E-state index in [1.807, 2.05) is 12.1 Å². The fraction of sp³-hybridized carbons (Fsp3) is 0.200. The van der Waals surface area contributed by atoms with E-state index in [0.29, 0.717) is 17.2 Å². The predicted octanol–water partition coefficient (Wildman–Crippen LogP) is 5.68. The summed E-state index contributed by atoms with van der Waals surface area (Å²) in [4.78, 5) is 0. The molecule has 0 aliphatic rings. The third-order valence-corrected chi connectivity index (χ3v) is 4.33. The van der Waals surface area contributed by atoms with Gasteiger partial charge in [0, 0.05) is 11.4 Å². The number of ether oxygens (including phenoxy) is 2. The summed E-state index contributed by atoms with van der Waals surface area (Å²) in [7, 11) is 1.43. The Bertz CT molecular complexity index is 627. The quantitative estimate of drug-likeness (QED) is 0.560. The first-order chi connectivity index (χ1) is 10.1. The second-order valence-corrected chi connectivity index (χ2v) is 6.22. The number of halogens is 4. The van der Waals surface area contributed by atoms with E-state index < -0.39 is 5.82 Å². The van der Waals surface area contributed by atoms with Crippen LogP contribution >= 0.6 is 43.5 Å². The summed E-state index contributed by atoms with van der Waals surface area (Å²) >= 11 is 12.7. The van der Waals surface area contributed by atoms with Crippen molar-refractivity contribution in [3.8, 4) is 11.5 Å². The van der Waals surface area contributed by atoms with E-state index in [0.717, 1.165) is 14.5 Å². The molecule has 0 amide bonds. The van der Waals surface area contributed by atoms with Crippen molar-refractivity contribution in [1.82, 2.24) is 0 Å². The molecule has 0 N–H and O–H groups in total. The Kier molecular flexibility index (Phi) is 5.90. The molecule has 0 bridgehead atoms. The average molecular weight is 439 g/mol. The molecule has 0 saturated heterocycles. The first-order valence-corrected chi connectivity index (χ1v) is 8.17. The van der Waals surface area contributed by atoms with E-state index in [1.165, 1.54) is 7.11 Å². The number of hydrogen-bond acceptors (Lipinski definition) is 2. The fourth-order valence-electron chi connectivity index (χ4n) is 1.80. The Morgan fingerprint density at radius 1 is 1.19 bits per heavy atom. The summed E-state index contributed by atoms with van der Waals surface area (Å²) in [5.41, 5.74) is 1.38. The van der Waals surface area contributed by atoms with Gasteiger partial charge in [-0.05, 0) is 55.6 Å². The molecule has 0 aliphatic heterocycles. The third-order valence-electron chi connectivity index (χ3n) is 2.85. The zero-order chi connectivity index (χ0) is 15.4. The van der Waals surface area contributed by atoms with Crippen LogP contribution in [0.2, 0.25) is 0 Å². The van der Waals surface area contributed by atoms with E-state index >= 15 is 0 Å². The van der Waals surface area contributed by atoms with Crippen molar-refractivity contribution < 1.29 is 13.9 Å². The van der Waals surface area contributed by atoms with Gasteiger partial charge in [0.15, 0.2) is 11.6 Å². The highest BCUT2D eigenvalue weighted by atomic mass is 79.9. The van der Waals surface area contributed by atoms with Gasteiger partial charge in [-0.3, -0.25) is 0 Å². The Morgan fingerprint density at radius 3 is 2.43 bits per heavy atom. The van der Waals surface area contributed by atoms with Gasteiger partial charge in [-0.25, -0.2) is 4.39 Å². The largest absolute Gasteiger partial charge is 0.494 e. The Balaban J connectivity index is 2.21. The Labute approximate surface area is 144 Å². The number of hydrogen-bond donors (Lipinski definition) is 0. The minimum absolute atomic E-state index is 0.0977. The van der Waals surface area contributed by atoms with Gasteiger partial charge >= 0.3 is 0 Å². The maximum atomic E-state index is 14.0. The molecular formula is C15H12Br2ClFO2. The number of rotatable bonds is 5. The van der Waals surface area contributed by atoms with Crippen LogP contribution in [0.5, 0.6) is 11.5 Å². The van der Waals surface area contributed by atoms with Gasteiger partial charge in [0.2, 0.25) is 0 Å². The van der Waals surface area contributed by atoms with E-state index in [9.17, 15) is 4.39 Å². The van der Waals surface area contributed by atoms with E-state index in [1.54, 1.807) is 18.2 Å². The van der Waals surface area contributed by atoms with Crippen LogP contribution in [-0.2, 0) is 12.5 Å². The third kappa shape index (κ3) is 3.90. The summed E-state index contributed by atoms with van der Waals surface area (Å²) in [6, 6.07) is 8.69. The molecule has 0 radical (unpaired) electrons. The van der Waals surface area contributed by atoms with Gasteiger partial charge in [0.1, 0.15) is 12.4 Å². The second kappa shape index (κ2) is 7.47. The van der Waals surface area contributed by atoms with Crippen molar-refractivity contribution in [2.75, 3.05) is 7.11 Å². The lowest BCUT2D eigenvalue weighted by Crippen LogP contribution is -2.01. The first kappa shape index (κ1) is 16.6. The van der Waals surface area contributed by atoms with Crippen LogP contribution in [0.4, 0.5) is 4.39 Å². The molecule has 0 saturated carbocycles. The summed E-state index contributed by atoms with van der Waals surface area (Å²) in [5.74, 6) is 0.796. The number of methoxy groups -OCH3 is 1. The van der Waals surface area contributed by atoms with Crippen molar-refractivity contribution in [3.63, 3.8) is 0 Å². The molecule has 0 aliphatic carbocycles. The SMILES string of the molecule is COc1cccc(COc2c(Br)cc(CCl)cc2Br)c1F. The lowest BCUT2D eigenvalue weighted by molar-refractivity contribution is 0.292. The van der Waals surface area contributed by atoms with Crippen LogP contribution in [0.15, 0.2) is 39.3 Å². The summed E-state index contributed by atoms with van der Waals surface area (Å²) in [6.45, 7) is 0.0977. The normalized spacial score (nSPS) is 10.5. The van der Waals surface area contributed by atoms with Gasteiger partial charge in [0.05, 0.1) is 16.1 Å². The van der Waals surface area contributed by atoms with Gasteiger partial charge < -0.3 is 9.47 Å². The standard InChI is InChI=1S/C15H12Br2ClFO2/c1-20-13-4-2-3-10(14(13)19)8-21-15-11(16)5-9(7-18)6-12(15)17/h2-6H,7-8H2,1H3. The monoisotopic (exact) mass is 436 g/mol. The molecular weight excluding hydrogens is 426 g/mol. The molecule has 0 fully saturated rings. The molecule has 0 aromatic heterocycles. The summed E-state index contributed by atoms with van der Waals surface area (Å²) in [5, 5.41) is 0. The topological polar surface area (TPSA) is 18.5 Å². The first-order valence-electron chi connectivity index (χ1n) is 6.05. The lowest BCUT2D eigenvalue weighted by Gasteiger charge is -2.13. The molecule has 2 aromatic carbocycles. The highest BCUT2D eigenvalue weighted by Crippen LogP contribution is 2.36. The zero-order valence-electron chi connectivity index (χ0n) is 11.1. The summed E-state index contributed by atoms with van der Waals surface area (Å²) < 4.78 is 26.2. The van der Waals surface area contributed by atoms with Crippen molar-refractivity contribution in [2.45, 2.75) is 12.5 Å². The number of benzene rings is 2. The highest BCUT2D eigenvalue weighted by Gasteiger charge is 2.12. The molecule has 2 rings (SSSR count). The molecule has 0 unspecified atom stereocenters. The van der Waals surface area contributed by atoms with Crippen LogP contribution in [0.25, 0.3) is 0 Å². The Morgan fingerprint density at radius 2 is 1.86 bits per heavy atom. The maximum absolute atomic E-state index is 14.0. The highest BCUT2D eigenvalue weighted by molar-refractivity contribution is 9.11. The van der Waals surface area contributed by atoms with Crippen LogP contribution < -0.4 is 9.47 Å². The van der Waals surface area contributed by atoms with Crippen molar-refractivity contribution >= 4 is 43.5 Å². The fourth-order valence-corrected chi connectivity index (χ4v) is 3.47. The molecule has 2 nitrogen and oxygen atoms in total. The molecule has 0 spiro atoms. The van der Waals surface area contributed by atoms with Gasteiger partial charge in [-0.1, -0.05) is 12.1 Å². The molecule has 0 heterocycles. The molecule has 2 aromatic rings. The van der Waals surface area contributed by atoms with E-state index in [4.69, 9.17) is 21.1 Å². The van der Waals surface area contributed by atoms with Crippen molar-refractivity contribution in [1.29, 1.82) is 0 Å². The minimum Gasteiger partial charge on any atom is -0.494 e. The van der Waals surface area contributed by atoms with Crippen LogP contribution in [-0.4, -0.2) is 7.11 Å². The number of alkyl halides is 1. The molecule has 21 heavy (non-hydrogen) atoms. The summed E-state index contributed by atoms with van der Waals surface area (Å²) in [6.07, 6.45) is 0. The van der Waals surface area contributed by atoms with Gasteiger partial charge in [-0.15, -0.1) is 11.6 Å².